The Kier molecular flexibility index (Phi) is 8.43. The minimum Gasteiger partial charge on any atom is -0.467 e. The number of ether oxygens (including phenoxy) is 2. The van der Waals surface area contributed by atoms with Crippen LogP contribution in [0.4, 0.5) is 4.79 Å². The number of benzene rings is 1. The van der Waals surface area contributed by atoms with Crippen LogP contribution in [0.2, 0.25) is 0 Å². The molecule has 0 spiro atoms. The lowest BCUT2D eigenvalue weighted by Gasteiger charge is -2.54. The van der Waals surface area contributed by atoms with E-state index < -0.39 is 41.5 Å². The number of likely N-dealkylation sites (tertiary alicyclic amines) is 1. The molecule has 1 saturated heterocycles. The van der Waals surface area contributed by atoms with Crippen molar-refractivity contribution < 1.29 is 28.7 Å². The summed E-state index contributed by atoms with van der Waals surface area (Å²) in [5.41, 5.74) is -0.638. The Morgan fingerprint density at radius 2 is 1.64 bits per heavy atom. The molecule has 0 aromatic heterocycles. The topological polar surface area (TPSA) is 126 Å². The molecule has 1 aliphatic heterocycles. The number of esters is 1. The quantitative estimate of drug-likeness (QED) is 0.491. The van der Waals surface area contributed by atoms with Gasteiger partial charge in [0.1, 0.15) is 24.2 Å². The van der Waals surface area contributed by atoms with Crippen LogP contribution in [-0.4, -0.2) is 72.1 Å². The highest BCUT2D eigenvalue weighted by atomic mass is 16.5. The fourth-order valence-corrected chi connectivity index (χ4v) is 3.28. The zero-order valence-electron chi connectivity index (χ0n) is 20.1. The molecule has 0 unspecified atom stereocenters. The van der Waals surface area contributed by atoms with Crippen molar-refractivity contribution in [2.24, 2.45) is 0 Å². The highest BCUT2D eigenvalue weighted by Crippen LogP contribution is 2.29. The third-order valence-corrected chi connectivity index (χ3v) is 5.51. The van der Waals surface area contributed by atoms with Crippen LogP contribution >= 0.6 is 0 Å². The normalized spacial score (nSPS) is 17.0. The summed E-state index contributed by atoms with van der Waals surface area (Å²) in [4.78, 5) is 51.7. The maximum atomic E-state index is 13.0. The van der Waals surface area contributed by atoms with Gasteiger partial charge in [-0.25, -0.2) is 9.59 Å². The van der Waals surface area contributed by atoms with Crippen LogP contribution in [-0.2, 0) is 30.5 Å². The lowest BCUT2D eigenvalue weighted by atomic mass is 9.83. The maximum Gasteiger partial charge on any atom is 0.408 e. The molecule has 0 bridgehead atoms. The molecule has 2 atom stereocenters. The number of nitrogens with zero attached hydrogens (tertiary/aromatic N) is 1. The van der Waals surface area contributed by atoms with Gasteiger partial charge in [-0.3, -0.25) is 14.5 Å². The van der Waals surface area contributed by atoms with Crippen molar-refractivity contribution in [1.29, 1.82) is 0 Å². The molecule has 0 radical (unpaired) electrons. The Morgan fingerprint density at radius 3 is 2.18 bits per heavy atom. The Balaban J connectivity index is 1.99. The van der Waals surface area contributed by atoms with Crippen LogP contribution in [0.5, 0.6) is 0 Å². The first-order valence-electron chi connectivity index (χ1n) is 10.8. The molecule has 182 valence electrons. The molecule has 1 aliphatic rings. The molecule has 33 heavy (non-hydrogen) atoms. The van der Waals surface area contributed by atoms with Gasteiger partial charge < -0.3 is 25.4 Å². The lowest BCUT2D eigenvalue weighted by Crippen LogP contribution is -2.80. The number of methoxy groups -OCH3 is 1. The predicted octanol–water partition coefficient (Wildman–Crippen LogP) is 0.948. The van der Waals surface area contributed by atoms with Gasteiger partial charge in [-0.15, -0.1) is 0 Å². The van der Waals surface area contributed by atoms with Gasteiger partial charge in [0.05, 0.1) is 7.11 Å². The zero-order valence-corrected chi connectivity index (χ0v) is 20.1. The zero-order chi connectivity index (χ0) is 24.8. The maximum absolute atomic E-state index is 13.0. The van der Waals surface area contributed by atoms with Crippen LogP contribution in [0, 0.1) is 0 Å². The van der Waals surface area contributed by atoms with Crippen molar-refractivity contribution in [2.75, 3.05) is 20.2 Å². The number of carbonyl (C=O) groups excluding carboxylic acids is 4. The van der Waals surface area contributed by atoms with Crippen LogP contribution < -0.4 is 16.0 Å². The van der Waals surface area contributed by atoms with Crippen LogP contribution in [0.1, 0.15) is 40.2 Å². The number of alkyl carbamates (subject to hydrolysis) is 1. The number of nitrogens with one attached hydrogen (secondary N) is 3. The van der Waals surface area contributed by atoms with E-state index in [1.54, 1.807) is 0 Å². The smallest absolute Gasteiger partial charge is 0.408 e. The standard InChI is InChI=1S/C23H34N4O6/c1-15(25-21(31)33-12-17-10-8-7-9-11-17)18(28)26-23(13-27(14-23)22(3,4)5)20(30)24-16(2)19(29)32-6/h7-11,15-16H,12-14H2,1-6H3,(H,24,30)(H,25,31)(H,26,28)/t15-,16-/m0/s1. The van der Waals surface area contributed by atoms with E-state index in [9.17, 15) is 19.2 Å². The minimum atomic E-state index is -1.24. The summed E-state index contributed by atoms with van der Waals surface area (Å²) in [6, 6.07) is 7.34. The summed E-state index contributed by atoms with van der Waals surface area (Å²) in [6.45, 7) is 9.59. The fraction of sp³-hybridized carbons (Fsp3) is 0.565. The summed E-state index contributed by atoms with van der Waals surface area (Å²) < 4.78 is 9.81. The molecule has 2 rings (SSSR count). The Hall–Kier alpha value is -3.14. The SMILES string of the molecule is COC(=O)[C@H](C)NC(=O)C1(NC(=O)[C@H](C)NC(=O)OCc2ccccc2)CN(C(C)(C)C)C1. The first kappa shape index (κ1) is 26.1. The van der Waals surface area contributed by atoms with Gasteiger partial charge >= 0.3 is 12.1 Å². The van der Waals surface area contributed by atoms with E-state index in [1.807, 2.05) is 56.0 Å². The van der Waals surface area contributed by atoms with Crippen molar-refractivity contribution in [3.8, 4) is 0 Å². The van der Waals surface area contributed by atoms with Crippen molar-refractivity contribution in [1.82, 2.24) is 20.9 Å². The van der Waals surface area contributed by atoms with Crippen molar-refractivity contribution in [3.05, 3.63) is 35.9 Å². The summed E-state index contributed by atoms with van der Waals surface area (Å²) in [7, 11) is 1.23. The van der Waals surface area contributed by atoms with E-state index in [-0.39, 0.29) is 25.2 Å². The van der Waals surface area contributed by atoms with Crippen LogP contribution in [0.15, 0.2) is 30.3 Å². The monoisotopic (exact) mass is 462 g/mol. The van der Waals surface area contributed by atoms with E-state index >= 15 is 0 Å². The second-order valence-electron chi connectivity index (χ2n) is 9.24. The predicted molar refractivity (Wildman–Crippen MR) is 121 cm³/mol. The number of carbonyl (C=O) groups is 4. The van der Waals surface area contributed by atoms with Gasteiger partial charge in [-0.05, 0) is 40.2 Å². The lowest BCUT2D eigenvalue weighted by molar-refractivity contribution is -0.150. The summed E-state index contributed by atoms with van der Waals surface area (Å²) in [6.07, 6.45) is -0.746. The van der Waals surface area contributed by atoms with E-state index in [2.05, 4.69) is 20.7 Å². The molecule has 1 aromatic carbocycles. The summed E-state index contributed by atoms with van der Waals surface area (Å²) in [5.74, 6) is -1.62. The molecular weight excluding hydrogens is 428 g/mol. The van der Waals surface area contributed by atoms with E-state index in [0.717, 1.165) is 5.56 Å². The summed E-state index contributed by atoms with van der Waals surface area (Å²) in [5, 5.41) is 7.84. The Morgan fingerprint density at radius 1 is 1.03 bits per heavy atom. The summed E-state index contributed by atoms with van der Waals surface area (Å²) >= 11 is 0. The first-order valence-corrected chi connectivity index (χ1v) is 10.8. The van der Waals surface area contributed by atoms with Crippen molar-refractivity contribution in [3.63, 3.8) is 0 Å². The van der Waals surface area contributed by atoms with Crippen molar-refractivity contribution in [2.45, 2.75) is 64.4 Å². The number of hydrogen-bond donors (Lipinski definition) is 3. The van der Waals surface area contributed by atoms with Gasteiger partial charge in [0.15, 0.2) is 0 Å². The molecular formula is C23H34N4O6. The van der Waals surface area contributed by atoms with Gasteiger partial charge in [-0.1, -0.05) is 30.3 Å². The molecule has 10 heteroatoms. The Bertz CT molecular complexity index is 861. The second-order valence-corrected chi connectivity index (χ2v) is 9.24. The average Bonchev–Trinajstić information content (AvgIpc) is 2.73. The van der Waals surface area contributed by atoms with E-state index in [4.69, 9.17) is 4.74 Å². The third kappa shape index (κ3) is 6.92. The van der Waals surface area contributed by atoms with Crippen molar-refractivity contribution >= 4 is 23.9 Å². The second kappa shape index (κ2) is 10.7. The van der Waals surface area contributed by atoms with Gasteiger partial charge in [0.25, 0.3) is 0 Å². The van der Waals surface area contributed by atoms with Crippen LogP contribution in [0.25, 0.3) is 0 Å². The molecule has 3 amide bonds. The van der Waals surface area contributed by atoms with E-state index in [1.165, 1.54) is 21.0 Å². The molecule has 1 heterocycles. The average molecular weight is 463 g/mol. The largest absolute Gasteiger partial charge is 0.467 e. The first-order chi connectivity index (χ1) is 15.4. The van der Waals surface area contributed by atoms with Gasteiger partial charge in [0, 0.05) is 18.6 Å². The van der Waals surface area contributed by atoms with E-state index in [0.29, 0.717) is 0 Å². The number of rotatable bonds is 8. The molecule has 1 fully saturated rings. The van der Waals surface area contributed by atoms with Gasteiger partial charge in [0.2, 0.25) is 11.8 Å². The molecule has 0 aliphatic carbocycles. The number of amides is 3. The Labute approximate surface area is 194 Å². The molecule has 10 nitrogen and oxygen atoms in total. The highest BCUT2D eigenvalue weighted by Gasteiger charge is 2.54. The van der Waals surface area contributed by atoms with Crippen LogP contribution in [0.3, 0.4) is 0 Å². The fourth-order valence-electron chi connectivity index (χ4n) is 3.28. The molecule has 0 saturated carbocycles. The third-order valence-electron chi connectivity index (χ3n) is 5.51. The molecule has 3 N–H and O–H groups in total. The molecule has 1 aromatic rings. The van der Waals surface area contributed by atoms with Gasteiger partial charge in [-0.2, -0.15) is 0 Å². The highest BCUT2D eigenvalue weighted by molar-refractivity contribution is 5.96. The number of hydrogen-bond acceptors (Lipinski definition) is 7. The minimum absolute atomic E-state index is 0.0688.